The zero-order valence-electron chi connectivity index (χ0n) is 10.2. The second-order valence-corrected chi connectivity index (χ2v) is 4.08. The minimum atomic E-state index is -0.0918. The zero-order chi connectivity index (χ0) is 12.4. The smallest absolute Gasteiger partial charge is 0.317 e. The molecule has 1 aromatic heterocycles. The number of carbonyl (C=O) groups excluding carboxylic acids is 1. The molecule has 1 aromatic carbocycles. The van der Waals surface area contributed by atoms with Crippen LogP contribution in [0.4, 0.5) is 4.79 Å². The third-order valence-corrected chi connectivity index (χ3v) is 2.64. The summed E-state index contributed by atoms with van der Waals surface area (Å²) in [7, 11) is 3.39. The Bertz CT molecular complexity index is 546. The van der Waals surface area contributed by atoms with Crippen molar-refractivity contribution in [2.24, 2.45) is 0 Å². The Morgan fingerprint density at radius 1 is 1.53 bits per heavy atom. The van der Waals surface area contributed by atoms with E-state index in [-0.39, 0.29) is 6.03 Å². The van der Waals surface area contributed by atoms with Crippen LogP contribution in [0.15, 0.2) is 18.2 Å². The number of hydrogen-bond acceptors (Lipinski definition) is 2. The molecule has 0 bridgehead atoms. The number of hydrogen-bond donors (Lipinski definition) is 2. The van der Waals surface area contributed by atoms with Gasteiger partial charge in [0, 0.05) is 20.6 Å². The number of aromatic amines is 1. The molecule has 2 amide bonds. The van der Waals surface area contributed by atoms with Gasteiger partial charge in [-0.3, -0.25) is 0 Å². The number of benzene rings is 1. The maximum atomic E-state index is 11.4. The molecule has 0 aliphatic rings. The van der Waals surface area contributed by atoms with Gasteiger partial charge in [-0.15, -0.1) is 0 Å². The fraction of sp³-hybridized carbons (Fsp3) is 0.333. The number of rotatable bonds is 2. The fourth-order valence-electron chi connectivity index (χ4n) is 1.82. The maximum absolute atomic E-state index is 11.4. The average molecular weight is 232 g/mol. The number of H-pyrrole nitrogens is 1. The van der Waals surface area contributed by atoms with Gasteiger partial charge >= 0.3 is 6.03 Å². The standard InChI is InChI=1S/C12H16N4O/c1-8-14-10-5-4-9(6-11(10)15-8)7-16(3)12(17)13-2/h4-6H,7H2,1-3H3,(H,13,17)(H,14,15). The molecule has 5 heteroatoms. The van der Waals surface area contributed by atoms with Gasteiger partial charge in [-0.2, -0.15) is 0 Å². The molecule has 5 nitrogen and oxygen atoms in total. The van der Waals surface area contributed by atoms with Crippen LogP contribution in [0.3, 0.4) is 0 Å². The molecule has 17 heavy (non-hydrogen) atoms. The molecule has 2 rings (SSSR count). The van der Waals surface area contributed by atoms with E-state index in [0.717, 1.165) is 22.4 Å². The van der Waals surface area contributed by atoms with E-state index in [1.807, 2.05) is 25.1 Å². The second kappa shape index (κ2) is 4.45. The minimum absolute atomic E-state index is 0.0918. The first-order valence-corrected chi connectivity index (χ1v) is 5.48. The summed E-state index contributed by atoms with van der Waals surface area (Å²) in [5, 5.41) is 2.59. The van der Waals surface area contributed by atoms with Crippen molar-refractivity contribution in [2.45, 2.75) is 13.5 Å². The van der Waals surface area contributed by atoms with E-state index >= 15 is 0 Å². The van der Waals surface area contributed by atoms with Crippen LogP contribution in [0.1, 0.15) is 11.4 Å². The lowest BCUT2D eigenvalue weighted by Crippen LogP contribution is -2.34. The number of nitrogens with zero attached hydrogens (tertiary/aromatic N) is 2. The summed E-state index contributed by atoms with van der Waals surface area (Å²) in [5.41, 5.74) is 3.03. The average Bonchev–Trinajstić information content (AvgIpc) is 2.67. The Morgan fingerprint density at radius 3 is 3.00 bits per heavy atom. The molecule has 0 saturated carbocycles. The van der Waals surface area contributed by atoms with Gasteiger partial charge in [0.05, 0.1) is 11.0 Å². The first-order chi connectivity index (χ1) is 8.10. The Morgan fingerprint density at radius 2 is 2.29 bits per heavy atom. The van der Waals surface area contributed by atoms with Crippen LogP contribution in [0.5, 0.6) is 0 Å². The van der Waals surface area contributed by atoms with Crippen molar-refractivity contribution in [3.8, 4) is 0 Å². The fourth-order valence-corrected chi connectivity index (χ4v) is 1.82. The third kappa shape index (κ3) is 2.38. The topological polar surface area (TPSA) is 61.0 Å². The lowest BCUT2D eigenvalue weighted by Gasteiger charge is -2.16. The number of carbonyl (C=O) groups is 1. The van der Waals surface area contributed by atoms with Crippen molar-refractivity contribution >= 4 is 17.1 Å². The monoisotopic (exact) mass is 232 g/mol. The van der Waals surface area contributed by atoms with Gasteiger partial charge in [0.15, 0.2) is 0 Å². The van der Waals surface area contributed by atoms with Crippen LogP contribution < -0.4 is 5.32 Å². The molecule has 1 heterocycles. The Kier molecular flexibility index (Phi) is 2.99. The molecule has 0 radical (unpaired) electrons. The molecular formula is C12H16N4O. The number of fused-ring (bicyclic) bond motifs is 1. The highest BCUT2D eigenvalue weighted by Gasteiger charge is 2.07. The van der Waals surface area contributed by atoms with Crippen LogP contribution in [-0.4, -0.2) is 35.0 Å². The van der Waals surface area contributed by atoms with E-state index in [0.29, 0.717) is 6.54 Å². The summed E-state index contributed by atoms with van der Waals surface area (Å²) in [4.78, 5) is 20.5. The highest BCUT2D eigenvalue weighted by atomic mass is 16.2. The third-order valence-electron chi connectivity index (χ3n) is 2.64. The summed E-state index contributed by atoms with van der Waals surface area (Å²) in [5.74, 6) is 0.900. The predicted octanol–water partition coefficient (Wildman–Crippen LogP) is 1.64. The van der Waals surface area contributed by atoms with Crippen molar-refractivity contribution in [2.75, 3.05) is 14.1 Å². The molecule has 0 fully saturated rings. The molecule has 0 unspecified atom stereocenters. The van der Waals surface area contributed by atoms with Gasteiger partial charge in [-0.1, -0.05) is 6.07 Å². The van der Waals surface area contributed by atoms with Crippen LogP contribution in [0.25, 0.3) is 11.0 Å². The quantitative estimate of drug-likeness (QED) is 0.827. The maximum Gasteiger partial charge on any atom is 0.317 e. The minimum Gasteiger partial charge on any atom is -0.342 e. The number of aryl methyl sites for hydroxylation is 1. The van der Waals surface area contributed by atoms with Gasteiger partial charge in [0.2, 0.25) is 0 Å². The Labute approximate surface area is 99.8 Å². The summed E-state index contributed by atoms with van der Waals surface area (Å²) in [6.07, 6.45) is 0. The number of amides is 2. The van der Waals surface area contributed by atoms with Crippen LogP contribution in [0, 0.1) is 6.92 Å². The number of imidazole rings is 1. The van der Waals surface area contributed by atoms with Gasteiger partial charge in [-0.05, 0) is 24.6 Å². The highest BCUT2D eigenvalue weighted by molar-refractivity contribution is 5.76. The second-order valence-electron chi connectivity index (χ2n) is 4.08. The van der Waals surface area contributed by atoms with Crippen molar-refractivity contribution in [1.29, 1.82) is 0 Å². The van der Waals surface area contributed by atoms with Gasteiger partial charge in [0.1, 0.15) is 5.82 Å². The lowest BCUT2D eigenvalue weighted by atomic mass is 10.2. The summed E-state index contributed by atoms with van der Waals surface area (Å²) in [6.45, 7) is 2.50. The molecule has 0 atom stereocenters. The van der Waals surface area contributed by atoms with E-state index in [9.17, 15) is 4.79 Å². The molecule has 2 aromatic rings. The highest BCUT2D eigenvalue weighted by Crippen LogP contribution is 2.14. The number of nitrogens with one attached hydrogen (secondary N) is 2. The molecule has 2 N–H and O–H groups in total. The summed E-state index contributed by atoms with van der Waals surface area (Å²) >= 11 is 0. The van der Waals surface area contributed by atoms with E-state index in [1.165, 1.54) is 0 Å². The van der Waals surface area contributed by atoms with E-state index < -0.39 is 0 Å². The zero-order valence-corrected chi connectivity index (χ0v) is 10.2. The summed E-state index contributed by atoms with van der Waals surface area (Å²) < 4.78 is 0. The van der Waals surface area contributed by atoms with Gasteiger partial charge < -0.3 is 15.2 Å². The molecule has 0 spiro atoms. The normalized spacial score (nSPS) is 10.5. The summed E-state index contributed by atoms with van der Waals surface area (Å²) in [6, 6.07) is 5.88. The van der Waals surface area contributed by atoms with Crippen LogP contribution >= 0.6 is 0 Å². The first-order valence-electron chi connectivity index (χ1n) is 5.48. The molecule has 0 aliphatic carbocycles. The van der Waals surface area contributed by atoms with Crippen molar-refractivity contribution < 1.29 is 4.79 Å². The van der Waals surface area contributed by atoms with E-state index in [2.05, 4.69) is 15.3 Å². The predicted molar refractivity (Wildman–Crippen MR) is 66.8 cm³/mol. The largest absolute Gasteiger partial charge is 0.342 e. The lowest BCUT2D eigenvalue weighted by molar-refractivity contribution is 0.209. The van der Waals surface area contributed by atoms with Crippen molar-refractivity contribution in [3.05, 3.63) is 29.6 Å². The van der Waals surface area contributed by atoms with Crippen LogP contribution in [0.2, 0.25) is 0 Å². The first kappa shape index (κ1) is 11.4. The van der Waals surface area contributed by atoms with Crippen molar-refractivity contribution in [3.63, 3.8) is 0 Å². The molecule has 0 aliphatic heterocycles. The van der Waals surface area contributed by atoms with Gasteiger partial charge in [0.25, 0.3) is 0 Å². The Hall–Kier alpha value is -2.04. The number of aromatic nitrogens is 2. The molecule has 90 valence electrons. The van der Waals surface area contributed by atoms with E-state index in [4.69, 9.17) is 0 Å². The van der Waals surface area contributed by atoms with Gasteiger partial charge in [-0.25, -0.2) is 9.78 Å². The molecule has 0 saturated heterocycles. The number of urea groups is 1. The Balaban J connectivity index is 2.21. The van der Waals surface area contributed by atoms with E-state index in [1.54, 1.807) is 19.0 Å². The molecular weight excluding hydrogens is 216 g/mol. The SMILES string of the molecule is CNC(=O)N(C)Cc1ccc2nc(C)[nH]c2c1. The van der Waals surface area contributed by atoms with Crippen molar-refractivity contribution in [1.82, 2.24) is 20.2 Å². The van der Waals surface area contributed by atoms with Crippen LogP contribution in [-0.2, 0) is 6.54 Å².